The Balaban J connectivity index is 1.43. The van der Waals surface area contributed by atoms with E-state index >= 15 is 0 Å². The van der Waals surface area contributed by atoms with Crippen LogP contribution in [0, 0.1) is 46.3 Å². The van der Waals surface area contributed by atoms with Gasteiger partial charge in [-0.05, 0) is 111 Å². The van der Waals surface area contributed by atoms with Gasteiger partial charge in [0.1, 0.15) is 6.10 Å². The Hall–Kier alpha value is -0.830. The fourth-order valence-corrected chi connectivity index (χ4v) is 10.5. The molecule has 9 atom stereocenters. The lowest BCUT2D eigenvalue weighted by Crippen LogP contribution is -2.59. The molecule has 37 heavy (non-hydrogen) atoms. The number of carbonyl (C=O) groups is 1. The van der Waals surface area contributed by atoms with Crippen LogP contribution in [0.1, 0.15) is 125 Å². The molecule has 0 bridgehead atoms. The molecule has 3 nitrogen and oxygen atoms in total. The average Bonchev–Trinajstić information content (AvgIpc) is 3.21. The van der Waals surface area contributed by atoms with E-state index in [4.69, 9.17) is 4.74 Å². The third kappa shape index (κ3) is 5.21. The summed E-state index contributed by atoms with van der Waals surface area (Å²) in [5, 5.41) is 0. The zero-order chi connectivity index (χ0) is 26.4. The van der Waals surface area contributed by atoms with Gasteiger partial charge in [0.15, 0.2) is 0 Å². The first-order valence-electron chi connectivity index (χ1n) is 16.3. The number of ether oxygens (including phenoxy) is 1. The zero-order valence-electron chi connectivity index (χ0n) is 25.1. The van der Waals surface area contributed by atoms with Gasteiger partial charge < -0.3 is 4.74 Å². The summed E-state index contributed by atoms with van der Waals surface area (Å²) in [6, 6.07) is 0.601. The molecular weight excluding hydrogens is 454 g/mol. The summed E-state index contributed by atoms with van der Waals surface area (Å²) in [4.78, 5) is 14.7. The number of piperidine rings is 1. The van der Waals surface area contributed by atoms with E-state index in [1.54, 1.807) is 12.5 Å². The topological polar surface area (TPSA) is 29.5 Å². The number of esters is 1. The summed E-state index contributed by atoms with van der Waals surface area (Å²) < 4.78 is 5.78. The molecule has 1 aliphatic heterocycles. The van der Waals surface area contributed by atoms with Gasteiger partial charge in [0.05, 0.1) is 0 Å². The van der Waals surface area contributed by atoms with Crippen molar-refractivity contribution in [3.63, 3.8) is 0 Å². The standard InChI is InChI=1S/C34H57NO2/c1-23(2)11-10-12-24(3)28-13-14-29-32-30(16-18-34(28,29)6)33(5)17-15-27(37-25(4)36)21-26(33)22-31(32)35-19-8-7-9-20-35/h22-24,27-32H,7-21H2,1-6H3/t24-,27-,28-,29+,30+,31+,32+,33-,34+/m0/s1. The van der Waals surface area contributed by atoms with E-state index in [2.05, 4.69) is 45.6 Å². The van der Waals surface area contributed by atoms with Crippen molar-refractivity contribution in [2.24, 2.45) is 46.3 Å². The number of nitrogens with zero attached hydrogens (tertiary/aromatic N) is 1. The Morgan fingerprint density at radius 1 is 1.00 bits per heavy atom. The summed E-state index contributed by atoms with van der Waals surface area (Å²) in [5.74, 6) is 4.97. The summed E-state index contributed by atoms with van der Waals surface area (Å²) in [6.07, 6.45) is 20.2. The third-order valence-electron chi connectivity index (χ3n) is 12.4. The van der Waals surface area contributed by atoms with Crippen molar-refractivity contribution in [1.29, 1.82) is 0 Å². The molecule has 0 radical (unpaired) electrons. The summed E-state index contributed by atoms with van der Waals surface area (Å²) in [5.41, 5.74) is 2.46. The number of rotatable bonds is 7. The van der Waals surface area contributed by atoms with E-state index < -0.39 is 0 Å². The second kappa shape index (κ2) is 11.0. The second-order valence-electron chi connectivity index (χ2n) is 15.0. The highest BCUT2D eigenvalue weighted by molar-refractivity contribution is 5.66. The summed E-state index contributed by atoms with van der Waals surface area (Å²) in [7, 11) is 0. The molecule has 4 fully saturated rings. The smallest absolute Gasteiger partial charge is 0.302 e. The van der Waals surface area contributed by atoms with Gasteiger partial charge in [-0.1, -0.05) is 72.0 Å². The molecule has 0 spiro atoms. The first kappa shape index (κ1) is 27.7. The molecule has 0 aromatic heterocycles. The van der Waals surface area contributed by atoms with Crippen molar-refractivity contribution in [2.45, 2.75) is 137 Å². The molecule has 3 heteroatoms. The van der Waals surface area contributed by atoms with Crippen molar-refractivity contribution >= 4 is 5.97 Å². The fraction of sp³-hybridized carbons (Fsp3) is 0.912. The molecular formula is C34H57NO2. The predicted molar refractivity (Wildman–Crippen MR) is 153 cm³/mol. The highest BCUT2D eigenvalue weighted by atomic mass is 16.5. The van der Waals surface area contributed by atoms with Gasteiger partial charge in [0.25, 0.3) is 0 Å². The number of hydrogen-bond donors (Lipinski definition) is 0. The zero-order valence-corrected chi connectivity index (χ0v) is 25.1. The van der Waals surface area contributed by atoms with Crippen LogP contribution in [-0.2, 0) is 9.53 Å². The molecule has 1 heterocycles. The fourth-order valence-electron chi connectivity index (χ4n) is 10.5. The van der Waals surface area contributed by atoms with Crippen LogP contribution >= 0.6 is 0 Å². The Morgan fingerprint density at radius 2 is 1.76 bits per heavy atom. The van der Waals surface area contributed by atoms with Crippen LogP contribution < -0.4 is 0 Å². The molecule has 1 saturated heterocycles. The molecule has 3 saturated carbocycles. The molecule has 0 N–H and O–H groups in total. The summed E-state index contributed by atoms with van der Waals surface area (Å²) in [6.45, 7) is 16.8. The van der Waals surface area contributed by atoms with Gasteiger partial charge in [-0.15, -0.1) is 0 Å². The highest BCUT2D eigenvalue weighted by Gasteiger charge is 2.61. The molecule has 0 aromatic carbocycles. The maximum absolute atomic E-state index is 11.8. The Morgan fingerprint density at radius 3 is 2.46 bits per heavy atom. The van der Waals surface area contributed by atoms with Crippen LogP contribution in [0.15, 0.2) is 11.6 Å². The van der Waals surface area contributed by atoms with Crippen LogP contribution in [0.25, 0.3) is 0 Å². The van der Waals surface area contributed by atoms with E-state index in [0.717, 1.165) is 48.3 Å². The minimum Gasteiger partial charge on any atom is -0.462 e. The number of carbonyl (C=O) groups excluding carboxylic acids is 1. The highest BCUT2D eigenvalue weighted by Crippen LogP contribution is 2.68. The van der Waals surface area contributed by atoms with Gasteiger partial charge in [0, 0.05) is 19.4 Å². The van der Waals surface area contributed by atoms with Crippen LogP contribution in [0.5, 0.6) is 0 Å². The minimum absolute atomic E-state index is 0.0896. The van der Waals surface area contributed by atoms with Crippen molar-refractivity contribution in [3.05, 3.63) is 11.6 Å². The second-order valence-corrected chi connectivity index (χ2v) is 15.0. The minimum atomic E-state index is -0.108. The van der Waals surface area contributed by atoms with Crippen LogP contribution in [0.2, 0.25) is 0 Å². The normalized spacial score (nSPS) is 42.9. The molecule has 0 aromatic rings. The van der Waals surface area contributed by atoms with E-state index in [1.165, 1.54) is 83.7 Å². The lowest BCUT2D eigenvalue weighted by Gasteiger charge is -2.62. The Bertz CT molecular complexity index is 843. The van der Waals surface area contributed by atoms with E-state index in [0.29, 0.717) is 16.9 Å². The predicted octanol–water partition coefficient (Wildman–Crippen LogP) is 8.42. The maximum Gasteiger partial charge on any atom is 0.302 e. The monoisotopic (exact) mass is 511 g/mol. The summed E-state index contributed by atoms with van der Waals surface area (Å²) >= 11 is 0. The van der Waals surface area contributed by atoms with Crippen LogP contribution in [-0.4, -0.2) is 36.1 Å². The van der Waals surface area contributed by atoms with Crippen LogP contribution in [0.3, 0.4) is 0 Å². The van der Waals surface area contributed by atoms with Gasteiger partial charge >= 0.3 is 5.97 Å². The largest absolute Gasteiger partial charge is 0.462 e. The molecule has 0 amide bonds. The molecule has 0 unspecified atom stereocenters. The average molecular weight is 512 g/mol. The molecule has 210 valence electrons. The van der Waals surface area contributed by atoms with Gasteiger partial charge in [0.2, 0.25) is 0 Å². The lowest BCUT2D eigenvalue weighted by atomic mass is 9.45. The van der Waals surface area contributed by atoms with E-state index in [1.807, 2.05) is 0 Å². The van der Waals surface area contributed by atoms with E-state index in [9.17, 15) is 4.79 Å². The quantitative estimate of drug-likeness (QED) is 0.254. The Labute approximate surface area is 228 Å². The van der Waals surface area contributed by atoms with Gasteiger partial charge in [-0.3, -0.25) is 9.69 Å². The molecule has 5 aliphatic rings. The van der Waals surface area contributed by atoms with Gasteiger partial charge in [-0.25, -0.2) is 0 Å². The van der Waals surface area contributed by atoms with Crippen molar-refractivity contribution < 1.29 is 9.53 Å². The third-order valence-corrected chi connectivity index (χ3v) is 12.4. The number of fused-ring (bicyclic) bond motifs is 5. The molecule has 4 aliphatic carbocycles. The first-order chi connectivity index (χ1) is 17.6. The van der Waals surface area contributed by atoms with Crippen molar-refractivity contribution in [3.8, 4) is 0 Å². The van der Waals surface area contributed by atoms with E-state index in [-0.39, 0.29) is 12.1 Å². The van der Waals surface area contributed by atoms with Crippen molar-refractivity contribution in [2.75, 3.05) is 13.1 Å². The number of likely N-dealkylation sites (tertiary alicyclic amines) is 1. The molecule has 5 rings (SSSR count). The van der Waals surface area contributed by atoms with Crippen LogP contribution in [0.4, 0.5) is 0 Å². The maximum atomic E-state index is 11.8. The van der Waals surface area contributed by atoms with Gasteiger partial charge in [-0.2, -0.15) is 0 Å². The number of hydrogen-bond acceptors (Lipinski definition) is 3. The van der Waals surface area contributed by atoms with Crippen molar-refractivity contribution in [1.82, 2.24) is 4.90 Å². The first-order valence-corrected chi connectivity index (χ1v) is 16.3. The Kier molecular flexibility index (Phi) is 8.22. The SMILES string of the molecule is CC(=O)O[C@H]1CC[C@@]2(C)C(=C[C@@H](N3CCCCC3)[C@@H]3[C@H]4CC[C@@H]([C@@H](C)CCCC(C)C)[C@@]4(C)CC[C@H]32)C1. The lowest BCUT2D eigenvalue weighted by molar-refractivity contribution is -0.149.